The Hall–Kier alpha value is -6.36. The SMILES string of the molecule is CC(C)(C)c1ccc(N2B3c4cc5c(cc4-n4c6cc7c(cc6c6ccc(c3c64)-c3cc4sc6cc(C(C)(C)C)ccc6c4cc32)C(C)(C)c2ccccc2-7)-c2ccccc2C5(C)C)cc1. The van der Waals surface area contributed by atoms with Crippen LogP contribution in [0.5, 0.6) is 0 Å². The Morgan fingerprint density at radius 2 is 1.06 bits per heavy atom. The molecule has 0 spiro atoms. The number of anilines is 2. The van der Waals surface area contributed by atoms with Crippen molar-refractivity contribution in [3.8, 4) is 39.1 Å². The largest absolute Gasteiger partial charge is 0.376 e. The molecule has 0 radical (unpaired) electrons. The van der Waals surface area contributed by atoms with Crippen molar-refractivity contribution in [1.29, 1.82) is 0 Å². The molecule has 10 aromatic rings. The van der Waals surface area contributed by atoms with Crippen LogP contribution in [0.4, 0.5) is 11.4 Å². The molecule has 14 rings (SSSR count). The zero-order valence-corrected chi connectivity index (χ0v) is 40.5. The lowest BCUT2D eigenvalue weighted by atomic mass is 9.43. The van der Waals surface area contributed by atoms with E-state index < -0.39 is 0 Å². The van der Waals surface area contributed by atoms with Crippen LogP contribution in [-0.4, -0.2) is 11.4 Å². The normalized spacial score (nSPS) is 15.9. The van der Waals surface area contributed by atoms with Crippen LogP contribution in [0.15, 0.2) is 140 Å². The number of benzene rings is 8. The first-order chi connectivity index (χ1) is 31.5. The van der Waals surface area contributed by atoms with Crippen molar-refractivity contribution >= 4 is 82.5 Å². The molecule has 0 bridgehead atoms. The number of rotatable bonds is 1. The van der Waals surface area contributed by atoms with Gasteiger partial charge >= 0.3 is 6.85 Å². The molecule has 0 unspecified atom stereocenters. The van der Waals surface area contributed by atoms with Gasteiger partial charge in [0.1, 0.15) is 0 Å². The van der Waals surface area contributed by atoms with E-state index >= 15 is 0 Å². The lowest BCUT2D eigenvalue weighted by Gasteiger charge is -2.42. The summed E-state index contributed by atoms with van der Waals surface area (Å²) in [5, 5.41) is 5.35. The van der Waals surface area contributed by atoms with E-state index in [1.54, 1.807) is 0 Å². The minimum absolute atomic E-state index is 0.0413. The second kappa shape index (κ2) is 12.3. The van der Waals surface area contributed by atoms with E-state index in [1.807, 2.05) is 11.3 Å². The molecule has 2 aliphatic carbocycles. The summed E-state index contributed by atoms with van der Waals surface area (Å²) in [4.78, 5) is 2.73. The average Bonchev–Trinajstić information content (AvgIpc) is 3.96. The highest BCUT2D eigenvalue weighted by molar-refractivity contribution is 7.25. The second-order valence-electron chi connectivity index (χ2n) is 23.0. The molecule has 66 heavy (non-hydrogen) atoms. The molecule has 320 valence electrons. The third kappa shape index (κ3) is 4.83. The van der Waals surface area contributed by atoms with Gasteiger partial charge in [-0.05, 0) is 131 Å². The summed E-state index contributed by atoms with van der Waals surface area (Å²) >= 11 is 1.94. The fourth-order valence-corrected chi connectivity index (χ4v) is 14.1. The van der Waals surface area contributed by atoms with Gasteiger partial charge < -0.3 is 9.38 Å². The van der Waals surface area contributed by atoms with E-state index in [9.17, 15) is 0 Å². The van der Waals surface area contributed by atoms with Gasteiger partial charge in [0.05, 0.1) is 11.0 Å². The predicted octanol–water partition coefficient (Wildman–Crippen LogP) is 15.6. The molecular formula is C62H53BN2S. The van der Waals surface area contributed by atoms with Crippen molar-refractivity contribution in [2.24, 2.45) is 0 Å². The predicted molar refractivity (Wildman–Crippen MR) is 285 cm³/mol. The van der Waals surface area contributed by atoms with Crippen molar-refractivity contribution in [3.63, 3.8) is 0 Å². The fourth-order valence-electron chi connectivity index (χ4n) is 12.9. The molecular weight excluding hydrogens is 816 g/mol. The van der Waals surface area contributed by atoms with Crippen molar-refractivity contribution < 1.29 is 0 Å². The number of fused-ring (bicyclic) bond motifs is 17. The molecule has 0 saturated heterocycles. The maximum Gasteiger partial charge on any atom is 0.333 e. The number of nitrogens with zero attached hydrogens (tertiary/aromatic N) is 2. The van der Waals surface area contributed by atoms with Crippen molar-refractivity contribution in [2.45, 2.75) is 90.9 Å². The minimum Gasteiger partial charge on any atom is -0.376 e. The Morgan fingerprint density at radius 3 is 1.74 bits per heavy atom. The molecule has 0 amide bonds. The first kappa shape index (κ1) is 38.9. The first-order valence-electron chi connectivity index (χ1n) is 24.0. The molecule has 0 N–H and O–H groups in total. The van der Waals surface area contributed by atoms with Gasteiger partial charge in [0.25, 0.3) is 0 Å². The molecule has 0 fully saturated rings. The molecule has 0 saturated carbocycles. The molecule has 0 atom stereocenters. The number of hydrogen-bond donors (Lipinski definition) is 0. The van der Waals surface area contributed by atoms with Crippen LogP contribution in [0.1, 0.15) is 103 Å². The van der Waals surface area contributed by atoms with Crippen molar-refractivity contribution in [2.75, 3.05) is 4.81 Å². The maximum atomic E-state index is 2.73. The lowest BCUT2D eigenvalue weighted by molar-refractivity contribution is 0.590. The van der Waals surface area contributed by atoms with Crippen molar-refractivity contribution in [3.05, 3.63) is 173 Å². The van der Waals surface area contributed by atoms with E-state index in [2.05, 4.69) is 218 Å². The number of hydrogen-bond acceptors (Lipinski definition) is 2. The molecule has 4 heteroatoms. The molecule has 4 heterocycles. The van der Waals surface area contributed by atoms with E-state index in [1.165, 1.54) is 137 Å². The lowest BCUT2D eigenvalue weighted by Crippen LogP contribution is -2.60. The smallest absolute Gasteiger partial charge is 0.333 e. The average molecular weight is 869 g/mol. The Kier molecular flexibility index (Phi) is 7.27. The molecule has 2 nitrogen and oxygen atoms in total. The highest BCUT2D eigenvalue weighted by atomic mass is 32.1. The van der Waals surface area contributed by atoms with Crippen LogP contribution in [0.25, 0.3) is 81.0 Å². The summed E-state index contributed by atoms with van der Waals surface area (Å²) in [6, 6.07) is 55.3. The molecule has 2 aliphatic heterocycles. The van der Waals surface area contributed by atoms with Gasteiger partial charge in [0.2, 0.25) is 0 Å². The van der Waals surface area contributed by atoms with E-state index in [0.29, 0.717) is 0 Å². The van der Waals surface area contributed by atoms with E-state index in [4.69, 9.17) is 0 Å². The van der Waals surface area contributed by atoms with Gasteiger partial charge in [-0.15, -0.1) is 11.3 Å². The van der Waals surface area contributed by atoms with Gasteiger partial charge in [-0.1, -0.05) is 160 Å². The molecule has 4 aliphatic rings. The summed E-state index contributed by atoms with van der Waals surface area (Å²) in [7, 11) is 0. The Bertz CT molecular complexity index is 3840. The topological polar surface area (TPSA) is 8.17 Å². The van der Waals surface area contributed by atoms with E-state index in [0.717, 1.165) is 0 Å². The summed E-state index contributed by atoms with van der Waals surface area (Å²) in [5.41, 5.74) is 25.5. The second-order valence-corrected chi connectivity index (χ2v) is 24.1. The Labute approximate surface area is 392 Å². The quantitative estimate of drug-likeness (QED) is 0.149. The standard InChI is InChI=1S/C62H53BN2S/c1-59(2,3)34-19-22-36(23-20-34)65-53-31-46-39-24-21-35(60(4,5)6)27-55(39)66-56(46)32-45(53)40-25-26-41-44-28-49-42(37-15-11-13-17-47(37)61(49,7)8)29-52(44)64-54-30-43-38-16-12-14-18-48(38)62(9,10)50(43)33-51(54)63(65)57(40)58(41)64/h11-33H,1-10H3. The zero-order chi connectivity index (χ0) is 45.1. The monoisotopic (exact) mass is 868 g/mol. The number of thiophene rings is 1. The van der Waals surface area contributed by atoms with Crippen LogP contribution in [0.2, 0.25) is 0 Å². The first-order valence-corrected chi connectivity index (χ1v) is 24.8. The zero-order valence-electron chi connectivity index (χ0n) is 39.7. The highest BCUT2D eigenvalue weighted by Gasteiger charge is 2.47. The minimum atomic E-state index is -0.148. The molecule has 8 aromatic carbocycles. The highest BCUT2D eigenvalue weighted by Crippen LogP contribution is 2.55. The summed E-state index contributed by atoms with van der Waals surface area (Å²) in [5.74, 6) is 0. The fraction of sp³-hybridized carbons (Fsp3) is 0.226. The van der Waals surface area contributed by atoms with E-state index in [-0.39, 0.29) is 28.5 Å². The van der Waals surface area contributed by atoms with Gasteiger partial charge in [-0.3, -0.25) is 0 Å². The van der Waals surface area contributed by atoms with Crippen LogP contribution in [0.3, 0.4) is 0 Å². The van der Waals surface area contributed by atoms with Gasteiger partial charge in [0, 0.05) is 64.4 Å². The molecule has 2 aromatic heterocycles. The van der Waals surface area contributed by atoms with Crippen LogP contribution < -0.4 is 15.7 Å². The third-order valence-electron chi connectivity index (χ3n) is 16.5. The summed E-state index contributed by atoms with van der Waals surface area (Å²) < 4.78 is 5.39. The van der Waals surface area contributed by atoms with Crippen LogP contribution in [0, 0.1) is 0 Å². The van der Waals surface area contributed by atoms with Crippen LogP contribution >= 0.6 is 11.3 Å². The Morgan fingerprint density at radius 1 is 0.455 bits per heavy atom. The van der Waals surface area contributed by atoms with Gasteiger partial charge in [-0.2, -0.15) is 0 Å². The van der Waals surface area contributed by atoms with Crippen LogP contribution in [-0.2, 0) is 21.7 Å². The van der Waals surface area contributed by atoms with Gasteiger partial charge in [-0.25, -0.2) is 0 Å². The third-order valence-corrected chi connectivity index (χ3v) is 17.6. The number of aromatic nitrogens is 1. The summed E-state index contributed by atoms with van der Waals surface area (Å²) in [6.45, 7) is 23.5. The maximum absolute atomic E-state index is 2.73. The van der Waals surface area contributed by atoms with Crippen molar-refractivity contribution in [1.82, 2.24) is 4.57 Å². The summed E-state index contributed by atoms with van der Waals surface area (Å²) in [6.07, 6.45) is 0. The van der Waals surface area contributed by atoms with Gasteiger partial charge in [0.15, 0.2) is 0 Å². The Balaban J connectivity index is 1.14.